The lowest BCUT2D eigenvalue weighted by atomic mass is 10.0. The van der Waals surface area contributed by atoms with Gasteiger partial charge in [0.15, 0.2) is 6.29 Å². The van der Waals surface area contributed by atoms with E-state index in [-0.39, 0.29) is 12.6 Å². The van der Waals surface area contributed by atoms with Crippen LogP contribution >= 0.6 is 0 Å². The quantitative estimate of drug-likeness (QED) is 0.734. The molecule has 1 rings (SSSR count). The zero-order valence-electron chi connectivity index (χ0n) is 10.8. The maximum absolute atomic E-state index is 10.9. The molecule has 0 saturated heterocycles. The summed E-state index contributed by atoms with van der Waals surface area (Å²) in [6.07, 6.45) is 3.27. The highest BCUT2D eigenvalue weighted by Crippen LogP contribution is 2.17. The fourth-order valence-corrected chi connectivity index (χ4v) is 1.76. The van der Waals surface area contributed by atoms with Crippen LogP contribution in [0.2, 0.25) is 0 Å². The molecule has 0 bridgehead atoms. The molecule has 1 unspecified atom stereocenters. The predicted molar refractivity (Wildman–Crippen MR) is 65.0 cm³/mol. The van der Waals surface area contributed by atoms with Crippen LogP contribution in [-0.4, -0.2) is 33.0 Å². The van der Waals surface area contributed by atoms with Crippen molar-refractivity contribution in [3.8, 4) is 0 Å². The molecular formula is C12H21N3O2. The Morgan fingerprint density at radius 2 is 2.18 bits per heavy atom. The number of hydrogen-bond donors (Lipinski definition) is 1. The summed E-state index contributed by atoms with van der Waals surface area (Å²) in [6, 6.07) is -0.0848. The Balaban J connectivity index is 2.96. The van der Waals surface area contributed by atoms with Crippen LogP contribution in [0.5, 0.6) is 0 Å². The highest BCUT2D eigenvalue weighted by Gasteiger charge is 2.18. The second kappa shape index (κ2) is 6.49. The van der Waals surface area contributed by atoms with Gasteiger partial charge >= 0.3 is 0 Å². The van der Waals surface area contributed by atoms with E-state index in [1.54, 1.807) is 4.68 Å². The van der Waals surface area contributed by atoms with Gasteiger partial charge in [-0.2, -0.15) is 0 Å². The van der Waals surface area contributed by atoms with Gasteiger partial charge in [0.1, 0.15) is 5.69 Å². The van der Waals surface area contributed by atoms with E-state index < -0.39 is 0 Å². The Hall–Kier alpha value is -1.23. The Morgan fingerprint density at radius 3 is 2.65 bits per heavy atom. The van der Waals surface area contributed by atoms with Crippen molar-refractivity contribution in [3.63, 3.8) is 0 Å². The molecule has 5 nitrogen and oxygen atoms in total. The smallest absolute Gasteiger partial charge is 0.172 e. The van der Waals surface area contributed by atoms with Crippen molar-refractivity contribution in [3.05, 3.63) is 11.4 Å². The average Bonchev–Trinajstić information content (AvgIpc) is 2.71. The van der Waals surface area contributed by atoms with Gasteiger partial charge in [-0.3, -0.25) is 4.79 Å². The zero-order chi connectivity index (χ0) is 12.8. The molecule has 1 atom stereocenters. The van der Waals surface area contributed by atoms with Crippen molar-refractivity contribution in [2.75, 3.05) is 6.61 Å². The Bertz CT molecular complexity index is 357. The minimum absolute atomic E-state index is 0.0207. The first-order chi connectivity index (χ1) is 8.13. The largest absolute Gasteiger partial charge is 0.394 e. The third kappa shape index (κ3) is 3.36. The number of carbonyl (C=O) groups excluding carboxylic acids is 1. The van der Waals surface area contributed by atoms with E-state index in [0.29, 0.717) is 11.6 Å². The average molecular weight is 239 g/mol. The molecule has 1 N–H and O–H groups in total. The monoisotopic (exact) mass is 239 g/mol. The van der Waals surface area contributed by atoms with E-state index >= 15 is 0 Å². The predicted octanol–water partition coefficient (Wildman–Crippen LogP) is 1.62. The number of aldehydes is 1. The van der Waals surface area contributed by atoms with E-state index in [1.165, 1.54) is 0 Å². The number of aliphatic hydroxyl groups excluding tert-OH is 1. The Kier molecular flexibility index (Phi) is 5.28. The second-order valence-corrected chi connectivity index (χ2v) is 4.66. The van der Waals surface area contributed by atoms with Crippen molar-refractivity contribution in [1.29, 1.82) is 0 Å². The minimum atomic E-state index is -0.0848. The zero-order valence-corrected chi connectivity index (χ0v) is 10.8. The maximum Gasteiger partial charge on any atom is 0.172 e. The van der Waals surface area contributed by atoms with Crippen LogP contribution in [0.3, 0.4) is 0 Å². The molecule has 0 radical (unpaired) electrons. The van der Waals surface area contributed by atoms with Crippen LogP contribution in [0.4, 0.5) is 0 Å². The Morgan fingerprint density at radius 1 is 1.47 bits per heavy atom. The van der Waals surface area contributed by atoms with Gasteiger partial charge in [-0.05, 0) is 25.2 Å². The van der Waals surface area contributed by atoms with Gasteiger partial charge < -0.3 is 5.11 Å². The van der Waals surface area contributed by atoms with Gasteiger partial charge in [0, 0.05) is 0 Å². The third-order valence-corrected chi connectivity index (χ3v) is 2.92. The number of rotatable bonds is 7. The fourth-order valence-electron chi connectivity index (χ4n) is 1.76. The number of hydrogen-bond acceptors (Lipinski definition) is 4. The van der Waals surface area contributed by atoms with Gasteiger partial charge in [-0.15, -0.1) is 5.10 Å². The third-order valence-electron chi connectivity index (χ3n) is 2.92. The lowest BCUT2D eigenvalue weighted by molar-refractivity contribution is 0.111. The lowest BCUT2D eigenvalue weighted by Gasteiger charge is -2.15. The van der Waals surface area contributed by atoms with Gasteiger partial charge in [0.25, 0.3) is 0 Å². The van der Waals surface area contributed by atoms with E-state index in [1.807, 2.05) is 6.92 Å². The highest BCUT2D eigenvalue weighted by molar-refractivity contribution is 5.73. The van der Waals surface area contributed by atoms with Gasteiger partial charge in [0.05, 0.1) is 18.3 Å². The van der Waals surface area contributed by atoms with E-state index in [0.717, 1.165) is 31.2 Å². The molecule has 0 amide bonds. The van der Waals surface area contributed by atoms with E-state index in [4.69, 9.17) is 0 Å². The second-order valence-electron chi connectivity index (χ2n) is 4.66. The molecule has 0 spiro atoms. The summed E-state index contributed by atoms with van der Waals surface area (Å²) < 4.78 is 1.70. The summed E-state index contributed by atoms with van der Waals surface area (Å²) in [5.74, 6) is 0.562. The van der Waals surface area contributed by atoms with Crippen LogP contribution < -0.4 is 0 Å². The highest BCUT2D eigenvalue weighted by atomic mass is 16.3. The molecule has 0 saturated carbocycles. The number of aromatic nitrogens is 3. The molecule has 0 aliphatic rings. The standard InChI is InChI=1S/C12H21N3O2/c1-4-10(7-16)15-12(6-5-9(2)3)11(8-17)13-14-15/h8-10,16H,4-7H2,1-3H3. The minimum Gasteiger partial charge on any atom is -0.394 e. The molecular weight excluding hydrogens is 218 g/mol. The summed E-state index contributed by atoms with van der Waals surface area (Å²) in [5.41, 5.74) is 1.24. The van der Waals surface area contributed by atoms with Crippen molar-refractivity contribution >= 4 is 6.29 Å². The number of aliphatic hydroxyl groups is 1. The van der Waals surface area contributed by atoms with Gasteiger partial charge in [-0.25, -0.2) is 4.68 Å². The first kappa shape index (κ1) is 13.8. The van der Waals surface area contributed by atoms with Crippen molar-refractivity contribution in [1.82, 2.24) is 15.0 Å². The van der Waals surface area contributed by atoms with Crippen molar-refractivity contribution < 1.29 is 9.90 Å². The summed E-state index contributed by atoms with van der Waals surface area (Å²) in [6.45, 7) is 6.28. The molecule has 17 heavy (non-hydrogen) atoms. The van der Waals surface area contributed by atoms with Gasteiger partial charge in [-0.1, -0.05) is 26.0 Å². The Labute approximate surface area is 102 Å². The van der Waals surface area contributed by atoms with Crippen LogP contribution in [0.15, 0.2) is 0 Å². The van der Waals surface area contributed by atoms with Crippen molar-refractivity contribution in [2.24, 2.45) is 5.92 Å². The van der Waals surface area contributed by atoms with E-state index in [9.17, 15) is 9.90 Å². The van der Waals surface area contributed by atoms with Crippen LogP contribution in [0, 0.1) is 5.92 Å². The first-order valence-electron chi connectivity index (χ1n) is 6.14. The molecule has 0 aliphatic heterocycles. The molecule has 5 heteroatoms. The summed E-state index contributed by atoms with van der Waals surface area (Å²) >= 11 is 0. The fraction of sp³-hybridized carbons (Fsp3) is 0.750. The van der Waals surface area contributed by atoms with Crippen molar-refractivity contribution in [2.45, 2.75) is 46.1 Å². The van der Waals surface area contributed by atoms with E-state index in [2.05, 4.69) is 24.2 Å². The first-order valence-corrected chi connectivity index (χ1v) is 6.14. The number of nitrogens with zero attached hydrogens (tertiary/aromatic N) is 3. The molecule has 1 heterocycles. The van der Waals surface area contributed by atoms with Crippen LogP contribution in [0.25, 0.3) is 0 Å². The maximum atomic E-state index is 10.9. The van der Waals surface area contributed by atoms with Gasteiger partial charge in [0.2, 0.25) is 0 Å². The molecule has 0 aliphatic carbocycles. The molecule has 0 aromatic carbocycles. The summed E-state index contributed by atoms with van der Waals surface area (Å²) in [5, 5.41) is 17.1. The molecule has 1 aromatic rings. The SMILES string of the molecule is CCC(CO)n1nnc(C=O)c1CCC(C)C. The topological polar surface area (TPSA) is 68.0 Å². The molecule has 96 valence electrons. The summed E-state index contributed by atoms with van der Waals surface area (Å²) in [7, 11) is 0. The normalized spacial score (nSPS) is 13.0. The van der Waals surface area contributed by atoms with Crippen LogP contribution in [0.1, 0.15) is 55.8 Å². The molecule has 1 aromatic heterocycles. The summed E-state index contributed by atoms with van der Waals surface area (Å²) in [4.78, 5) is 10.9. The lowest BCUT2D eigenvalue weighted by Crippen LogP contribution is -2.17. The number of carbonyl (C=O) groups is 1. The van der Waals surface area contributed by atoms with Crippen LogP contribution in [-0.2, 0) is 6.42 Å². The molecule has 0 fully saturated rings.